The number of fused-ring (bicyclic) bond motifs is 1. The number of benzene rings is 2. The van der Waals surface area contributed by atoms with Gasteiger partial charge in [0.2, 0.25) is 0 Å². The van der Waals surface area contributed by atoms with Crippen molar-refractivity contribution in [2.75, 3.05) is 6.61 Å². The fourth-order valence-electron chi connectivity index (χ4n) is 3.65. The van der Waals surface area contributed by atoms with Gasteiger partial charge in [-0.3, -0.25) is 9.59 Å². The largest absolute Gasteiger partial charge is 0.483 e. The Morgan fingerprint density at radius 1 is 1.17 bits per heavy atom. The fraction of sp³-hybridized carbons (Fsp3) is 0.400. The third-order valence-electron chi connectivity index (χ3n) is 4.88. The van der Waals surface area contributed by atoms with E-state index in [1.54, 1.807) is 6.07 Å². The summed E-state index contributed by atoms with van der Waals surface area (Å²) in [6.45, 7) is 4.13. The zero-order chi connectivity index (χ0) is 17.1. The molecule has 24 heavy (non-hydrogen) atoms. The van der Waals surface area contributed by atoms with Crippen LogP contribution in [0.5, 0.6) is 5.75 Å². The highest BCUT2D eigenvalue weighted by molar-refractivity contribution is 6.00. The van der Waals surface area contributed by atoms with Gasteiger partial charge in [0.25, 0.3) is 5.91 Å². The van der Waals surface area contributed by atoms with Crippen molar-refractivity contribution >= 4 is 23.0 Å². The van der Waals surface area contributed by atoms with Crippen LogP contribution in [0.2, 0.25) is 0 Å². The van der Waals surface area contributed by atoms with Gasteiger partial charge in [0.15, 0.2) is 12.9 Å². The van der Waals surface area contributed by atoms with Crippen LogP contribution < -0.4 is 4.74 Å². The number of piperidine rings is 1. The van der Waals surface area contributed by atoms with Crippen molar-refractivity contribution in [3.05, 3.63) is 42.0 Å². The summed E-state index contributed by atoms with van der Waals surface area (Å²) in [5, 5.41) is 1.83. The minimum absolute atomic E-state index is 0.0142. The van der Waals surface area contributed by atoms with Crippen molar-refractivity contribution in [2.24, 2.45) is 0 Å². The number of ether oxygens (including phenoxy) is 1. The summed E-state index contributed by atoms with van der Waals surface area (Å²) < 4.78 is 5.73. The minimum Gasteiger partial charge on any atom is -0.483 e. The lowest BCUT2D eigenvalue weighted by atomic mass is 9.97. The van der Waals surface area contributed by atoms with Crippen molar-refractivity contribution in [1.82, 2.24) is 4.90 Å². The Bertz CT molecular complexity index is 746. The smallest absolute Gasteiger partial charge is 0.260 e. The van der Waals surface area contributed by atoms with Gasteiger partial charge < -0.3 is 9.64 Å². The first kappa shape index (κ1) is 16.5. The predicted molar refractivity (Wildman–Crippen MR) is 94.5 cm³/mol. The summed E-state index contributed by atoms with van der Waals surface area (Å²) in [6.07, 6.45) is 4.03. The molecule has 1 heterocycles. The van der Waals surface area contributed by atoms with E-state index < -0.39 is 0 Å². The van der Waals surface area contributed by atoms with Crippen LogP contribution in [0.25, 0.3) is 10.8 Å². The van der Waals surface area contributed by atoms with Crippen LogP contribution in [0.1, 0.15) is 43.5 Å². The van der Waals surface area contributed by atoms with E-state index in [9.17, 15) is 9.59 Å². The lowest BCUT2D eigenvalue weighted by Gasteiger charge is -2.39. The maximum atomic E-state index is 12.6. The van der Waals surface area contributed by atoms with Crippen LogP contribution in [-0.2, 0) is 4.79 Å². The zero-order valence-corrected chi connectivity index (χ0v) is 14.2. The first-order valence-electron chi connectivity index (χ1n) is 8.52. The summed E-state index contributed by atoms with van der Waals surface area (Å²) in [5.74, 6) is 0.453. The Hall–Kier alpha value is -2.36. The third kappa shape index (κ3) is 3.14. The quantitative estimate of drug-likeness (QED) is 0.803. The molecule has 4 nitrogen and oxygen atoms in total. The van der Waals surface area contributed by atoms with Gasteiger partial charge in [0, 0.05) is 12.1 Å². The molecule has 2 atom stereocenters. The molecule has 0 bridgehead atoms. The minimum atomic E-state index is -0.0339. The molecule has 3 rings (SSSR count). The molecular weight excluding hydrogens is 302 g/mol. The average Bonchev–Trinajstić information content (AvgIpc) is 2.59. The molecule has 1 saturated heterocycles. The van der Waals surface area contributed by atoms with Crippen molar-refractivity contribution in [3.8, 4) is 5.75 Å². The number of likely N-dealkylation sites (tertiary alicyclic amines) is 1. The molecule has 0 spiro atoms. The maximum absolute atomic E-state index is 12.6. The molecular formula is C20H23NO3. The molecule has 0 radical (unpaired) electrons. The molecule has 0 aromatic heterocycles. The highest BCUT2D eigenvalue weighted by Gasteiger charge is 2.29. The topological polar surface area (TPSA) is 46.6 Å². The molecule has 1 fully saturated rings. The normalized spacial score (nSPS) is 20.8. The molecule has 1 aliphatic rings. The number of rotatable bonds is 4. The number of carbonyl (C=O) groups is 2. The number of hydrogen-bond acceptors (Lipinski definition) is 3. The standard InChI is InChI=1S/C20H23NO3/c1-14-6-5-7-15(2)21(14)20(23)13-24-19-11-10-16-8-3-4-9-17(16)18(19)12-22/h3-4,8-12,14-15H,5-7,13H2,1-2H3/t14-,15-/m1/s1. The van der Waals surface area contributed by atoms with Gasteiger partial charge in [-0.25, -0.2) is 0 Å². The Labute approximate surface area is 142 Å². The van der Waals surface area contributed by atoms with Crippen molar-refractivity contribution in [2.45, 2.75) is 45.2 Å². The van der Waals surface area contributed by atoms with Gasteiger partial charge in [-0.1, -0.05) is 30.3 Å². The number of amides is 1. The molecule has 2 aromatic rings. The molecule has 0 unspecified atom stereocenters. The van der Waals surface area contributed by atoms with Crippen LogP contribution >= 0.6 is 0 Å². The maximum Gasteiger partial charge on any atom is 0.260 e. The molecule has 1 aliphatic heterocycles. The summed E-state index contributed by atoms with van der Waals surface area (Å²) in [5.41, 5.74) is 0.501. The van der Waals surface area contributed by atoms with Crippen LogP contribution in [0.3, 0.4) is 0 Å². The Balaban J connectivity index is 1.78. The van der Waals surface area contributed by atoms with Gasteiger partial charge in [-0.15, -0.1) is 0 Å². The first-order chi connectivity index (χ1) is 11.6. The fourth-order valence-corrected chi connectivity index (χ4v) is 3.65. The van der Waals surface area contributed by atoms with E-state index in [-0.39, 0.29) is 24.6 Å². The summed E-state index contributed by atoms with van der Waals surface area (Å²) >= 11 is 0. The van der Waals surface area contributed by atoms with Crippen LogP contribution in [0.4, 0.5) is 0 Å². The highest BCUT2D eigenvalue weighted by atomic mass is 16.5. The van der Waals surface area contributed by atoms with Crippen molar-refractivity contribution < 1.29 is 14.3 Å². The monoisotopic (exact) mass is 325 g/mol. The van der Waals surface area contributed by atoms with Crippen LogP contribution in [0, 0.1) is 0 Å². The summed E-state index contributed by atoms with van der Waals surface area (Å²) in [4.78, 5) is 26.0. The van der Waals surface area contributed by atoms with Crippen molar-refractivity contribution in [1.29, 1.82) is 0 Å². The number of aldehydes is 1. The highest BCUT2D eigenvalue weighted by Crippen LogP contribution is 2.27. The molecule has 2 aromatic carbocycles. The number of hydrogen-bond donors (Lipinski definition) is 0. The predicted octanol–water partition coefficient (Wildman–Crippen LogP) is 3.82. The number of nitrogens with zero attached hydrogens (tertiary/aromatic N) is 1. The van der Waals surface area contributed by atoms with Crippen LogP contribution in [0.15, 0.2) is 36.4 Å². The van der Waals surface area contributed by atoms with Gasteiger partial charge >= 0.3 is 0 Å². The molecule has 0 saturated carbocycles. The lowest BCUT2D eigenvalue weighted by Crippen LogP contribution is -2.49. The number of carbonyl (C=O) groups excluding carboxylic acids is 2. The SMILES string of the molecule is C[C@@H]1CCC[C@@H](C)N1C(=O)COc1ccc2ccccc2c1C=O. The van der Waals surface area contributed by atoms with Gasteiger partial charge in [-0.05, 0) is 49.9 Å². The second-order valence-corrected chi connectivity index (χ2v) is 6.53. The average molecular weight is 325 g/mol. The van der Waals surface area contributed by atoms with Gasteiger partial charge in [0.05, 0.1) is 5.56 Å². The third-order valence-corrected chi connectivity index (χ3v) is 4.88. The summed E-state index contributed by atoms with van der Waals surface area (Å²) in [7, 11) is 0. The van der Waals surface area contributed by atoms with E-state index in [2.05, 4.69) is 13.8 Å². The van der Waals surface area contributed by atoms with E-state index in [0.29, 0.717) is 11.3 Å². The second kappa shape index (κ2) is 7.04. The Kier molecular flexibility index (Phi) is 4.84. The van der Waals surface area contributed by atoms with Gasteiger partial charge in [-0.2, -0.15) is 0 Å². The van der Waals surface area contributed by atoms with E-state index >= 15 is 0 Å². The molecule has 0 N–H and O–H groups in total. The Morgan fingerprint density at radius 2 is 1.88 bits per heavy atom. The second-order valence-electron chi connectivity index (χ2n) is 6.53. The van der Waals surface area contributed by atoms with E-state index in [1.807, 2.05) is 35.2 Å². The Morgan fingerprint density at radius 3 is 2.58 bits per heavy atom. The molecule has 4 heteroatoms. The van der Waals surface area contributed by atoms with Gasteiger partial charge in [0.1, 0.15) is 5.75 Å². The van der Waals surface area contributed by atoms with E-state index in [1.165, 1.54) is 0 Å². The van der Waals surface area contributed by atoms with E-state index in [0.717, 1.165) is 36.3 Å². The molecule has 1 amide bonds. The lowest BCUT2D eigenvalue weighted by molar-refractivity contribution is -0.139. The van der Waals surface area contributed by atoms with Crippen molar-refractivity contribution in [3.63, 3.8) is 0 Å². The first-order valence-corrected chi connectivity index (χ1v) is 8.52. The summed E-state index contributed by atoms with van der Waals surface area (Å²) in [6, 6.07) is 11.8. The van der Waals surface area contributed by atoms with Crippen LogP contribution in [-0.4, -0.2) is 35.8 Å². The zero-order valence-electron chi connectivity index (χ0n) is 14.2. The molecule has 0 aliphatic carbocycles. The molecule has 126 valence electrons. The van der Waals surface area contributed by atoms with E-state index in [4.69, 9.17) is 4.74 Å².